The number of rotatable bonds is 6. The second kappa shape index (κ2) is 7.21. The van der Waals surface area contributed by atoms with Crippen LogP contribution in [0.1, 0.15) is 25.5 Å². The van der Waals surface area contributed by atoms with Crippen molar-refractivity contribution in [3.05, 3.63) is 34.9 Å². The molecule has 1 nitrogen and oxygen atoms in total. The highest BCUT2D eigenvalue weighted by molar-refractivity contribution is 7.99. The van der Waals surface area contributed by atoms with Crippen LogP contribution in [0.5, 0.6) is 0 Å². The molecule has 16 heavy (non-hydrogen) atoms. The summed E-state index contributed by atoms with van der Waals surface area (Å²) in [6.45, 7) is 4.51. The Hall–Kier alpha value is -0.180. The summed E-state index contributed by atoms with van der Waals surface area (Å²) in [6, 6.07) is 8.52. The van der Waals surface area contributed by atoms with Crippen LogP contribution in [0.3, 0.4) is 0 Å². The van der Waals surface area contributed by atoms with Crippen molar-refractivity contribution in [3.63, 3.8) is 0 Å². The van der Waals surface area contributed by atoms with E-state index in [-0.39, 0.29) is 0 Å². The molecule has 0 aliphatic heterocycles. The Labute approximate surface area is 108 Å². The molecule has 0 radical (unpaired) electrons. The summed E-state index contributed by atoms with van der Waals surface area (Å²) in [6.07, 6.45) is 0. The van der Waals surface area contributed by atoms with Crippen LogP contribution < -0.4 is 5.32 Å². The second-order valence-electron chi connectivity index (χ2n) is 4.32. The van der Waals surface area contributed by atoms with Crippen molar-refractivity contribution in [2.45, 2.75) is 19.9 Å². The molecule has 1 rings (SSSR count). The SMILES string of the molecule is CNC(CSCC(C)C)c1ccc(Cl)cc1. The van der Waals surface area contributed by atoms with Gasteiger partial charge in [0.2, 0.25) is 0 Å². The highest BCUT2D eigenvalue weighted by Crippen LogP contribution is 2.21. The molecule has 0 fully saturated rings. The first-order valence-electron chi connectivity index (χ1n) is 5.64. The first-order valence-corrected chi connectivity index (χ1v) is 7.17. The van der Waals surface area contributed by atoms with Gasteiger partial charge in [0.25, 0.3) is 0 Å². The Morgan fingerprint density at radius 1 is 1.19 bits per heavy atom. The molecule has 1 atom stereocenters. The van der Waals surface area contributed by atoms with Gasteiger partial charge in [0, 0.05) is 16.8 Å². The zero-order valence-corrected chi connectivity index (χ0v) is 11.7. The molecule has 0 aliphatic rings. The minimum atomic E-state index is 0.418. The number of hydrogen-bond acceptors (Lipinski definition) is 2. The van der Waals surface area contributed by atoms with Gasteiger partial charge >= 0.3 is 0 Å². The van der Waals surface area contributed by atoms with E-state index in [4.69, 9.17) is 11.6 Å². The van der Waals surface area contributed by atoms with Crippen molar-refractivity contribution in [1.82, 2.24) is 5.32 Å². The zero-order chi connectivity index (χ0) is 12.0. The third kappa shape index (κ3) is 4.77. The lowest BCUT2D eigenvalue weighted by molar-refractivity contribution is 0.659. The van der Waals surface area contributed by atoms with Gasteiger partial charge in [0.1, 0.15) is 0 Å². The fourth-order valence-electron chi connectivity index (χ4n) is 1.46. The first-order chi connectivity index (χ1) is 7.63. The van der Waals surface area contributed by atoms with Crippen LogP contribution in [-0.4, -0.2) is 18.6 Å². The van der Waals surface area contributed by atoms with Gasteiger partial charge < -0.3 is 5.32 Å². The van der Waals surface area contributed by atoms with Crippen molar-refractivity contribution >= 4 is 23.4 Å². The summed E-state index contributed by atoms with van der Waals surface area (Å²) in [5, 5.41) is 4.15. The van der Waals surface area contributed by atoms with Crippen LogP contribution in [0.25, 0.3) is 0 Å². The number of nitrogens with one attached hydrogen (secondary N) is 1. The van der Waals surface area contributed by atoms with Gasteiger partial charge in [-0.1, -0.05) is 37.6 Å². The molecular formula is C13H20ClNS. The van der Waals surface area contributed by atoms with Crippen molar-refractivity contribution in [1.29, 1.82) is 0 Å². The topological polar surface area (TPSA) is 12.0 Å². The lowest BCUT2D eigenvalue weighted by Crippen LogP contribution is -2.19. The number of benzene rings is 1. The average Bonchev–Trinajstić information content (AvgIpc) is 2.26. The summed E-state index contributed by atoms with van der Waals surface area (Å²) in [5.41, 5.74) is 1.31. The van der Waals surface area contributed by atoms with Gasteiger partial charge in [-0.05, 0) is 36.4 Å². The van der Waals surface area contributed by atoms with Crippen molar-refractivity contribution in [2.75, 3.05) is 18.6 Å². The van der Waals surface area contributed by atoms with Gasteiger partial charge in [0.15, 0.2) is 0 Å². The molecule has 1 aromatic carbocycles. The number of hydrogen-bond donors (Lipinski definition) is 1. The molecule has 1 unspecified atom stereocenters. The maximum Gasteiger partial charge on any atom is 0.0409 e. The average molecular weight is 258 g/mol. The summed E-state index contributed by atoms with van der Waals surface area (Å²) in [5.74, 6) is 3.08. The zero-order valence-electron chi connectivity index (χ0n) is 10.2. The van der Waals surface area contributed by atoms with Crippen LogP contribution >= 0.6 is 23.4 Å². The largest absolute Gasteiger partial charge is 0.312 e. The van der Waals surface area contributed by atoms with E-state index >= 15 is 0 Å². The summed E-state index contributed by atoms with van der Waals surface area (Å²) >= 11 is 7.88. The van der Waals surface area contributed by atoms with Crippen LogP contribution in [0.4, 0.5) is 0 Å². The minimum absolute atomic E-state index is 0.418. The van der Waals surface area contributed by atoms with E-state index in [9.17, 15) is 0 Å². The molecule has 1 N–H and O–H groups in total. The Morgan fingerprint density at radius 2 is 1.81 bits per heavy atom. The minimum Gasteiger partial charge on any atom is -0.312 e. The fraction of sp³-hybridized carbons (Fsp3) is 0.538. The standard InChI is InChI=1S/C13H20ClNS/c1-10(2)8-16-9-13(15-3)11-4-6-12(14)7-5-11/h4-7,10,13,15H,8-9H2,1-3H3. The number of halogens is 1. The van der Waals surface area contributed by atoms with Crippen LogP contribution in [0, 0.1) is 5.92 Å². The van der Waals surface area contributed by atoms with E-state index < -0.39 is 0 Å². The number of thioether (sulfide) groups is 1. The van der Waals surface area contributed by atoms with E-state index in [1.54, 1.807) is 0 Å². The Morgan fingerprint density at radius 3 is 2.31 bits per heavy atom. The molecule has 90 valence electrons. The molecule has 0 bridgehead atoms. The fourth-order valence-corrected chi connectivity index (χ4v) is 2.79. The quantitative estimate of drug-likeness (QED) is 0.827. The van der Waals surface area contributed by atoms with Gasteiger partial charge in [-0.25, -0.2) is 0 Å². The molecule has 3 heteroatoms. The first kappa shape index (κ1) is 13.9. The summed E-state index contributed by atoms with van der Waals surface area (Å²) in [4.78, 5) is 0. The smallest absolute Gasteiger partial charge is 0.0409 e. The van der Waals surface area contributed by atoms with E-state index in [0.29, 0.717) is 6.04 Å². The molecule has 0 aromatic heterocycles. The maximum absolute atomic E-state index is 5.88. The van der Waals surface area contributed by atoms with E-state index in [1.807, 2.05) is 30.9 Å². The Bertz CT molecular complexity index is 297. The summed E-state index contributed by atoms with van der Waals surface area (Å²) in [7, 11) is 2.01. The van der Waals surface area contributed by atoms with E-state index in [1.165, 1.54) is 11.3 Å². The third-order valence-electron chi connectivity index (χ3n) is 2.36. The highest BCUT2D eigenvalue weighted by atomic mass is 35.5. The molecular weight excluding hydrogens is 238 g/mol. The maximum atomic E-state index is 5.88. The predicted molar refractivity (Wildman–Crippen MR) is 75.4 cm³/mol. The molecule has 0 aliphatic carbocycles. The van der Waals surface area contributed by atoms with Gasteiger partial charge in [-0.15, -0.1) is 0 Å². The van der Waals surface area contributed by atoms with Gasteiger partial charge in [-0.2, -0.15) is 11.8 Å². The summed E-state index contributed by atoms with van der Waals surface area (Å²) < 4.78 is 0. The van der Waals surface area contributed by atoms with Crippen LogP contribution in [-0.2, 0) is 0 Å². The molecule has 0 saturated carbocycles. The molecule has 0 spiro atoms. The second-order valence-corrected chi connectivity index (χ2v) is 5.84. The van der Waals surface area contributed by atoms with E-state index in [2.05, 4.69) is 31.3 Å². The molecule has 0 heterocycles. The normalized spacial score (nSPS) is 13.1. The molecule has 0 amide bonds. The van der Waals surface area contributed by atoms with Gasteiger partial charge in [-0.3, -0.25) is 0 Å². The monoisotopic (exact) mass is 257 g/mol. The Balaban J connectivity index is 2.50. The molecule has 0 saturated heterocycles. The Kier molecular flexibility index (Phi) is 6.25. The van der Waals surface area contributed by atoms with E-state index in [0.717, 1.165) is 16.7 Å². The van der Waals surface area contributed by atoms with Crippen LogP contribution in [0.15, 0.2) is 24.3 Å². The van der Waals surface area contributed by atoms with Gasteiger partial charge in [0.05, 0.1) is 0 Å². The van der Waals surface area contributed by atoms with Crippen molar-refractivity contribution < 1.29 is 0 Å². The lowest BCUT2D eigenvalue weighted by atomic mass is 10.1. The van der Waals surface area contributed by atoms with Crippen molar-refractivity contribution in [2.24, 2.45) is 5.92 Å². The predicted octanol–water partition coefficient (Wildman–Crippen LogP) is 3.99. The molecule has 1 aromatic rings. The highest BCUT2D eigenvalue weighted by Gasteiger charge is 2.09. The van der Waals surface area contributed by atoms with Crippen molar-refractivity contribution in [3.8, 4) is 0 Å². The lowest BCUT2D eigenvalue weighted by Gasteiger charge is -2.17. The third-order valence-corrected chi connectivity index (χ3v) is 4.08. The van der Waals surface area contributed by atoms with Crippen LogP contribution in [0.2, 0.25) is 5.02 Å².